The van der Waals surface area contributed by atoms with Gasteiger partial charge in [-0.2, -0.15) is 0 Å². The summed E-state index contributed by atoms with van der Waals surface area (Å²) in [5, 5.41) is 0. The van der Waals surface area contributed by atoms with Crippen LogP contribution in [0.5, 0.6) is 0 Å². The Hall–Kier alpha value is -0.630. The standard InChI is InChI=1S/C9H13NS/c1-3-5-9-8(4-2)6-7-11-10-9/h3-5,10H,1,6-7H2,2H3/b8-4-,9-5+. The highest BCUT2D eigenvalue weighted by Gasteiger charge is 2.08. The maximum atomic E-state index is 3.67. The molecule has 1 saturated heterocycles. The SMILES string of the molecule is C=C/C=C1/NSCC/C1=C/C. The molecule has 1 aliphatic rings. The third-order valence-corrected chi connectivity index (χ3v) is 2.41. The van der Waals surface area contributed by atoms with Gasteiger partial charge in [0, 0.05) is 11.4 Å². The molecule has 60 valence electrons. The summed E-state index contributed by atoms with van der Waals surface area (Å²) >= 11 is 1.76. The van der Waals surface area contributed by atoms with Crippen molar-refractivity contribution in [2.24, 2.45) is 0 Å². The van der Waals surface area contributed by atoms with Crippen molar-refractivity contribution in [3.63, 3.8) is 0 Å². The predicted molar refractivity (Wildman–Crippen MR) is 52.2 cm³/mol. The lowest BCUT2D eigenvalue weighted by Crippen LogP contribution is -2.13. The Bertz CT molecular complexity index is 204. The van der Waals surface area contributed by atoms with E-state index in [1.165, 1.54) is 11.3 Å². The summed E-state index contributed by atoms with van der Waals surface area (Å²) in [6.07, 6.45) is 7.15. The Morgan fingerprint density at radius 2 is 2.45 bits per heavy atom. The monoisotopic (exact) mass is 167 g/mol. The second kappa shape index (κ2) is 4.29. The maximum Gasteiger partial charge on any atom is 0.0469 e. The molecular weight excluding hydrogens is 154 g/mol. The molecule has 0 aromatic heterocycles. The minimum atomic E-state index is 1.16. The summed E-state index contributed by atoms with van der Waals surface area (Å²) < 4.78 is 3.26. The van der Waals surface area contributed by atoms with Gasteiger partial charge in [0.2, 0.25) is 0 Å². The van der Waals surface area contributed by atoms with Gasteiger partial charge < -0.3 is 4.72 Å². The first-order valence-corrected chi connectivity index (χ1v) is 4.73. The van der Waals surface area contributed by atoms with Crippen LogP contribution in [0.3, 0.4) is 0 Å². The van der Waals surface area contributed by atoms with E-state index in [2.05, 4.69) is 24.3 Å². The molecule has 0 unspecified atom stereocenters. The Balaban J connectivity index is 2.74. The van der Waals surface area contributed by atoms with Crippen LogP contribution in [0.25, 0.3) is 0 Å². The van der Waals surface area contributed by atoms with Crippen molar-refractivity contribution in [3.8, 4) is 0 Å². The van der Waals surface area contributed by atoms with Gasteiger partial charge >= 0.3 is 0 Å². The van der Waals surface area contributed by atoms with Crippen LogP contribution in [0, 0.1) is 0 Å². The molecule has 0 spiro atoms. The second-order valence-corrected chi connectivity index (χ2v) is 3.23. The Kier molecular flexibility index (Phi) is 3.30. The largest absolute Gasteiger partial charge is 0.329 e. The van der Waals surface area contributed by atoms with E-state index in [1.807, 2.05) is 12.2 Å². The Morgan fingerprint density at radius 1 is 1.64 bits per heavy atom. The zero-order chi connectivity index (χ0) is 8.10. The van der Waals surface area contributed by atoms with Crippen molar-refractivity contribution in [2.45, 2.75) is 13.3 Å². The van der Waals surface area contributed by atoms with Crippen molar-refractivity contribution in [1.29, 1.82) is 0 Å². The number of hydrogen-bond donors (Lipinski definition) is 1. The highest BCUT2D eigenvalue weighted by atomic mass is 32.2. The minimum Gasteiger partial charge on any atom is -0.329 e. The topological polar surface area (TPSA) is 12.0 Å². The van der Waals surface area contributed by atoms with Crippen molar-refractivity contribution in [3.05, 3.63) is 36.1 Å². The summed E-state index contributed by atoms with van der Waals surface area (Å²) in [5.41, 5.74) is 2.60. The molecule has 1 N–H and O–H groups in total. The first kappa shape index (κ1) is 8.47. The van der Waals surface area contributed by atoms with Gasteiger partial charge in [0.15, 0.2) is 0 Å². The van der Waals surface area contributed by atoms with E-state index in [-0.39, 0.29) is 0 Å². The minimum absolute atomic E-state index is 1.16. The van der Waals surface area contributed by atoms with Gasteiger partial charge in [-0.25, -0.2) is 0 Å². The molecule has 0 aromatic carbocycles. The van der Waals surface area contributed by atoms with Crippen LogP contribution < -0.4 is 4.72 Å². The molecule has 0 bridgehead atoms. The van der Waals surface area contributed by atoms with Crippen molar-refractivity contribution in [1.82, 2.24) is 4.72 Å². The number of nitrogens with one attached hydrogen (secondary N) is 1. The summed E-state index contributed by atoms with van der Waals surface area (Å²) in [6, 6.07) is 0. The molecule has 11 heavy (non-hydrogen) atoms. The van der Waals surface area contributed by atoms with E-state index in [1.54, 1.807) is 11.9 Å². The van der Waals surface area contributed by atoms with Gasteiger partial charge in [0.05, 0.1) is 0 Å². The molecule has 1 rings (SSSR count). The number of rotatable bonds is 1. The van der Waals surface area contributed by atoms with E-state index < -0.39 is 0 Å². The lowest BCUT2D eigenvalue weighted by Gasteiger charge is -2.18. The Morgan fingerprint density at radius 3 is 3.09 bits per heavy atom. The van der Waals surface area contributed by atoms with Gasteiger partial charge in [0.1, 0.15) is 0 Å². The Labute approximate surface area is 72.4 Å². The number of allylic oxidation sites excluding steroid dienone is 4. The molecule has 0 atom stereocenters. The highest BCUT2D eigenvalue weighted by Crippen LogP contribution is 2.22. The van der Waals surface area contributed by atoms with Gasteiger partial charge in [-0.15, -0.1) is 0 Å². The normalized spacial score (nSPS) is 25.2. The average molecular weight is 167 g/mol. The lowest BCUT2D eigenvalue weighted by atomic mass is 10.1. The summed E-state index contributed by atoms with van der Waals surface area (Å²) in [5.74, 6) is 1.16. The zero-order valence-corrected chi connectivity index (χ0v) is 7.58. The second-order valence-electron chi connectivity index (χ2n) is 2.33. The molecule has 0 saturated carbocycles. The third kappa shape index (κ3) is 2.15. The van der Waals surface area contributed by atoms with E-state index in [0.717, 1.165) is 12.2 Å². The quantitative estimate of drug-likeness (QED) is 0.602. The predicted octanol–water partition coefficient (Wildman–Crippen LogP) is 2.64. The highest BCUT2D eigenvalue weighted by molar-refractivity contribution is 7.97. The van der Waals surface area contributed by atoms with Gasteiger partial charge in [-0.05, 0) is 25.0 Å². The lowest BCUT2D eigenvalue weighted by molar-refractivity contribution is 1.02. The summed E-state index contributed by atoms with van der Waals surface area (Å²) in [4.78, 5) is 0. The summed E-state index contributed by atoms with van der Waals surface area (Å²) in [6.45, 7) is 5.74. The molecule has 1 fully saturated rings. The maximum absolute atomic E-state index is 3.67. The van der Waals surface area contributed by atoms with E-state index in [4.69, 9.17) is 0 Å². The van der Waals surface area contributed by atoms with Crippen LogP contribution in [0.15, 0.2) is 36.1 Å². The smallest absolute Gasteiger partial charge is 0.0469 e. The summed E-state index contributed by atoms with van der Waals surface area (Å²) in [7, 11) is 0. The van der Waals surface area contributed by atoms with Crippen LogP contribution in [-0.4, -0.2) is 5.75 Å². The van der Waals surface area contributed by atoms with E-state index in [9.17, 15) is 0 Å². The average Bonchev–Trinajstić information content (AvgIpc) is 2.06. The zero-order valence-electron chi connectivity index (χ0n) is 6.76. The van der Waals surface area contributed by atoms with Crippen molar-refractivity contribution >= 4 is 11.9 Å². The molecule has 0 amide bonds. The first-order valence-electron chi connectivity index (χ1n) is 3.74. The molecular formula is C9H13NS. The van der Waals surface area contributed by atoms with E-state index in [0.29, 0.717) is 0 Å². The van der Waals surface area contributed by atoms with Crippen LogP contribution in [0.2, 0.25) is 0 Å². The molecule has 1 nitrogen and oxygen atoms in total. The fraction of sp³-hybridized carbons (Fsp3) is 0.333. The fourth-order valence-corrected chi connectivity index (χ4v) is 1.83. The van der Waals surface area contributed by atoms with Gasteiger partial charge in [-0.3, -0.25) is 0 Å². The van der Waals surface area contributed by atoms with Crippen LogP contribution in [-0.2, 0) is 0 Å². The molecule has 1 heterocycles. The number of hydrogen-bond acceptors (Lipinski definition) is 2. The molecule has 0 aliphatic carbocycles. The van der Waals surface area contributed by atoms with Crippen LogP contribution in [0.4, 0.5) is 0 Å². The van der Waals surface area contributed by atoms with Crippen molar-refractivity contribution < 1.29 is 0 Å². The molecule has 0 aromatic rings. The molecule has 2 heteroatoms. The van der Waals surface area contributed by atoms with Crippen LogP contribution >= 0.6 is 11.9 Å². The van der Waals surface area contributed by atoms with Crippen molar-refractivity contribution in [2.75, 3.05) is 5.75 Å². The van der Waals surface area contributed by atoms with Gasteiger partial charge in [-0.1, -0.05) is 30.7 Å². The van der Waals surface area contributed by atoms with E-state index >= 15 is 0 Å². The van der Waals surface area contributed by atoms with Crippen LogP contribution in [0.1, 0.15) is 13.3 Å². The molecule has 1 aliphatic heterocycles. The molecule has 0 radical (unpaired) electrons. The van der Waals surface area contributed by atoms with Gasteiger partial charge in [0.25, 0.3) is 0 Å². The fourth-order valence-electron chi connectivity index (χ4n) is 1.05. The third-order valence-electron chi connectivity index (χ3n) is 1.63. The first-order chi connectivity index (χ1) is 5.38.